The Morgan fingerprint density at radius 3 is 1.58 bits per heavy atom. The first-order valence-corrected chi connectivity index (χ1v) is 22.9. The Kier molecular flexibility index (Phi) is 8.30. The first-order chi connectivity index (χ1) is 30.2. The van der Waals surface area contributed by atoms with E-state index in [-0.39, 0.29) is 10.8 Å². The van der Waals surface area contributed by atoms with Crippen LogP contribution in [0.25, 0.3) is 44.5 Å². The Morgan fingerprint density at radius 2 is 0.919 bits per heavy atom. The molecule has 0 aromatic heterocycles. The number of rotatable bonds is 5. The molecule has 12 rings (SSSR count). The van der Waals surface area contributed by atoms with Crippen LogP contribution in [0.4, 0.5) is 17.1 Å². The lowest BCUT2D eigenvalue weighted by molar-refractivity contribution is 0.332. The lowest BCUT2D eigenvalue weighted by Gasteiger charge is -2.42. The highest BCUT2D eigenvalue weighted by Gasteiger charge is 2.52. The molecule has 8 aromatic carbocycles. The van der Waals surface area contributed by atoms with E-state index >= 15 is 0 Å². The van der Waals surface area contributed by atoms with Crippen LogP contribution in [-0.4, -0.2) is 0 Å². The number of benzene rings is 8. The number of hydrogen-bond donors (Lipinski definition) is 0. The van der Waals surface area contributed by atoms with Gasteiger partial charge in [-0.05, 0) is 169 Å². The van der Waals surface area contributed by atoms with Crippen LogP contribution in [0.3, 0.4) is 0 Å². The second-order valence-corrected chi connectivity index (χ2v) is 19.7. The van der Waals surface area contributed by atoms with Crippen LogP contribution in [0.15, 0.2) is 176 Å². The number of fused-ring (bicyclic) bond motifs is 12. The maximum Gasteiger partial charge on any atom is 0.0726 e. The Hall–Kier alpha value is -6.44. The highest BCUT2D eigenvalue weighted by Crippen LogP contribution is 2.64. The molecule has 1 spiro atoms. The molecular formula is C61H53N. The summed E-state index contributed by atoms with van der Waals surface area (Å²) in [4.78, 5) is 2.57. The minimum Gasteiger partial charge on any atom is -0.310 e. The smallest absolute Gasteiger partial charge is 0.0726 e. The van der Waals surface area contributed by atoms with Gasteiger partial charge >= 0.3 is 0 Å². The van der Waals surface area contributed by atoms with Crippen molar-refractivity contribution in [1.82, 2.24) is 0 Å². The molecule has 62 heavy (non-hydrogen) atoms. The number of nitrogens with zero attached hydrogens (tertiary/aromatic N) is 1. The van der Waals surface area contributed by atoms with E-state index in [1.165, 1.54) is 132 Å². The van der Waals surface area contributed by atoms with Crippen molar-refractivity contribution in [2.24, 2.45) is 0 Å². The van der Waals surface area contributed by atoms with Crippen molar-refractivity contribution in [2.45, 2.75) is 82.5 Å². The monoisotopic (exact) mass is 799 g/mol. The van der Waals surface area contributed by atoms with Gasteiger partial charge in [0.1, 0.15) is 0 Å². The minimum atomic E-state index is -0.452. The fourth-order valence-electron chi connectivity index (χ4n) is 12.1. The molecule has 0 radical (unpaired) electrons. The topological polar surface area (TPSA) is 3.24 Å². The highest BCUT2D eigenvalue weighted by molar-refractivity contribution is 6.00. The lowest BCUT2D eigenvalue weighted by atomic mass is 9.63. The highest BCUT2D eigenvalue weighted by atomic mass is 15.1. The van der Waals surface area contributed by atoms with E-state index in [0.29, 0.717) is 0 Å². The summed E-state index contributed by atoms with van der Waals surface area (Å²) in [7, 11) is 0. The quantitative estimate of drug-likeness (QED) is 0.168. The first-order valence-electron chi connectivity index (χ1n) is 22.9. The van der Waals surface area contributed by atoms with E-state index in [9.17, 15) is 0 Å². The average molecular weight is 800 g/mol. The van der Waals surface area contributed by atoms with E-state index < -0.39 is 5.41 Å². The van der Waals surface area contributed by atoms with Crippen molar-refractivity contribution < 1.29 is 0 Å². The molecule has 1 heteroatoms. The van der Waals surface area contributed by atoms with Crippen molar-refractivity contribution in [3.63, 3.8) is 0 Å². The number of para-hydroxylation sites is 1. The Morgan fingerprint density at radius 1 is 0.371 bits per heavy atom. The maximum absolute atomic E-state index is 2.59. The van der Waals surface area contributed by atoms with Crippen molar-refractivity contribution >= 4 is 17.1 Å². The largest absolute Gasteiger partial charge is 0.310 e. The zero-order chi connectivity index (χ0) is 41.8. The molecule has 0 amide bonds. The molecule has 4 aliphatic carbocycles. The second kappa shape index (κ2) is 13.8. The summed E-state index contributed by atoms with van der Waals surface area (Å²) in [5, 5.41) is 0. The van der Waals surface area contributed by atoms with Crippen molar-refractivity contribution in [3.05, 3.63) is 220 Å². The predicted octanol–water partition coefficient (Wildman–Crippen LogP) is 16.1. The molecule has 302 valence electrons. The molecule has 0 aliphatic heterocycles. The second-order valence-electron chi connectivity index (χ2n) is 19.7. The zero-order valence-corrected chi connectivity index (χ0v) is 36.4. The van der Waals surface area contributed by atoms with Crippen LogP contribution in [0, 0.1) is 0 Å². The molecule has 1 nitrogen and oxygen atoms in total. The van der Waals surface area contributed by atoms with Crippen molar-refractivity contribution in [2.75, 3.05) is 4.90 Å². The normalized spacial score (nSPS) is 16.7. The van der Waals surface area contributed by atoms with Gasteiger partial charge in [0.05, 0.1) is 11.1 Å². The molecule has 4 aliphatic rings. The van der Waals surface area contributed by atoms with Gasteiger partial charge in [-0.1, -0.05) is 167 Å². The zero-order valence-electron chi connectivity index (χ0n) is 36.4. The van der Waals surface area contributed by atoms with Gasteiger partial charge < -0.3 is 4.90 Å². The molecular weight excluding hydrogens is 747 g/mol. The molecule has 0 bridgehead atoms. The molecule has 0 fully saturated rings. The summed E-state index contributed by atoms with van der Waals surface area (Å²) in [6, 6.07) is 67.6. The first kappa shape index (κ1) is 37.3. The molecule has 0 unspecified atom stereocenters. The standard InChI is InChI=1S/C61H53N/c1-59(2)35-36-60(3,4)57-37-44(33-34-55(57)59)62(43-19-6-5-7-20-43)58-39-56-51(38-50(58)42-31-29-41(30-32-42)46-25-16-18-40-17-8-9-21-45(40)46)49-24-12-15-28-54(49)61(56)52-26-13-10-22-47(52)48-23-11-14-27-53(48)61/h5-7,10-16,18-20,22-34,37-39H,8-9,17,21,35-36H2,1-4H3. The van der Waals surface area contributed by atoms with E-state index in [4.69, 9.17) is 0 Å². The van der Waals surface area contributed by atoms with Gasteiger partial charge in [0.15, 0.2) is 0 Å². The Balaban J connectivity index is 1.15. The van der Waals surface area contributed by atoms with Crippen LogP contribution in [0.5, 0.6) is 0 Å². The third kappa shape index (κ3) is 5.40. The van der Waals surface area contributed by atoms with Gasteiger partial charge in [0.2, 0.25) is 0 Å². The Bertz CT molecular complexity index is 3030. The van der Waals surface area contributed by atoms with E-state index in [0.717, 1.165) is 12.1 Å². The van der Waals surface area contributed by atoms with Crippen LogP contribution in [0.1, 0.15) is 97.9 Å². The SMILES string of the molecule is CC1(C)CCC(C)(C)c2cc(N(c3ccccc3)c3cc4c(cc3-c3ccc(-c5cccc6c5CCCC6)cc3)-c3ccccc3C43c4ccccc4-c4ccccc43)ccc21. The van der Waals surface area contributed by atoms with Gasteiger partial charge in [0, 0.05) is 16.9 Å². The summed E-state index contributed by atoms with van der Waals surface area (Å²) in [6.07, 6.45) is 7.26. The molecule has 0 N–H and O–H groups in total. The molecule has 0 atom stereocenters. The summed E-state index contributed by atoms with van der Waals surface area (Å²) in [5.74, 6) is 0. The van der Waals surface area contributed by atoms with Gasteiger partial charge in [-0.3, -0.25) is 0 Å². The third-order valence-corrected chi connectivity index (χ3v) is 15.4. The predicted molar refractivity (Wildman–Crippen MR) is 260 cm³/mol. The molecule has 0 saturated heterocycles. The maximum atomic E-state index is 2.59. The molecule has 0 heterocycles. The molecule has 0 saturated carbocycles. The summed E-state index contributed by atoms with van der Waals surface area (Å²) in [5.41, 5.74) is 25.2. The van der Waals surface area contributed by atoms with Crippen molar-refractivity contribution in [3.8, 4) is 44.5 Å². The number of aryl methyl sites for hydroxylation is 1. The van der Waals surface area contributed by atoms with Gasteiger partial charge in [-0.2, -0.15) is 0 Å². The number of anilines is 3. The van der Waals surface area contributed by atoms with E-state index in [2.05, 4.69) is 209 Å². The Labute approximate surface area is 367 Å². The van der Waals surface area contributed by atoms with Gasteiger partial charge in [-0.25, -0.2) is 0 Å². The van der Waals surface area contributed by atoms with Crippen LogP contribution >= 0.6 is 0 Å². The molecule has 8 aromatic rings. The van der Waals surface area contributed by atoms with Crippen LogP contribution in [0.2, 0.25) is 0 Å². The van der Waals surface area contributed by atoms with Crippen molar-refractivity contribution in [1.29, 1.82) is 0 Å². The number of hydrogen-bond acceptors (Lipinski definition) is 1. The minimum absolute atomic E-state index is 0.0689. The summed E-state index contributed by atoms with van der Waals surface area (Å²) < 4.78 is 0. The fourth-order valence-corrected chi connectivity index (χ4v) is 12.1. The summed E-state index contributed by atoms with van der Waals surface area (Å²) in [6.45, 7) is 9.75. The fraction of sp³-hybridized carbons (Fsp3) is 0.213. The summed E-state index contributed by atoms with van der Waals surface area (Å²) >= 11 is 0. The van der Waals surface area contributed by atoms with E-state index in [1.807, 2.05) is 0 Å². The van der Waals surface area contributed by atoms with Crippen LogP contribution < -0.4 is 4.90 Å². The van der Waals surface area contributed by atoms with Gasteiger partial charge in [-0.15, -0.1) is 0 Å². The van der Waals surface area contributed by atoms with Gasteiger partial charge in [0.25, 0.3) is 0 Å². The lowest BCUT2D eigenvalue weighted by Crippen LogP contribution is -2.34. The third-order valence-electron chi connectivity index (χ3n) is 15.4. The average Bonchev–Trinajstić information content (AvgIpc) is 3.77. The van der Waals surface area contributed by atoms with E-state index in [1.54, 1.807) is 0 Å². The van der Waals surface area contributed by atoms with Crippen LogP contribution in [-0.2, 0) is 29.1 Å².